The zero-order valence-corrected chi connectivity index (χ0v) is 69.7. The second kappa shape index (κ2) is 56.4. The Kier molecular flexibility index (Phi) is 49.9. The number of rotatable bonds is 50. The van der Waals surface area contributed by atoms with Gasteiger partial charge in [0.1, 0.15) is 43.4 Å². The van der Waals surface area contributed by atoms with E-state index in [0.29, 0.717) is 82.6 Å². The van der Waals surface area contributed by atoms with Crippen LogP contribution in [0.25, 0.3) is 0 Å². The van der Waals surface area contributed by atoms with Gasteiger partial charge in [0.05, 0.1) is 24.4 Å². The largest absolute Gasteiger partial charge is 0.462 e. The van der Waals surface area contributed by atoms with E-state index in [-0.39, 0.29) is 94.3 Å². The average Bonchev–Trinajstić information content (AvgIpc) is 0.784. The van der Waals surface area contributed by atoms with Crippen molar-refractivity contribution in [3.63, 3.8) is 0 Å². The maximum absolute atomic E-state index is 15.1. The number of esters is 5. The Morgan fingerprint density at radius 3 is 1.55 bits per heavy atom. The standard InChI is InChI=1S/C89H151NO19/c1-12-15-17-19-21-23-25-27-29-31-33-37-41-49-80(93)104-63-72(64-105-81(94)50-42-38-34-32-30-28-26-24-22-20-18-16-13-2)106-82(95)51-43-39-35-36-40-44-52-83(96)107-76-62-75(92)71(47-14-3)57-65(4)56-66(5)58-78(102-10)85-79(103-11)60-68(7)89(100,109-85)86(97)87(98)90-55-46-45-48-73(90)88(99)108-84(69(76)8)67(6)59-70-53-54-74(91)77(61-70)101-9/h14,57,59,66,68-74,76-79,84-85,91,100H,3,12-13,15-56,58,60-64H2,1-2,4-11H3/b65-57+,67-59+/t66-,68+,69+,70-,71+,73-,74+,76-,77+,78-,79-,84+,85+,89+/m0/s1. The molecule has 0 aromatic carbocycles. The first-order valence-corrected chi connectivity index (χ1v) is 43.5. The number of carbonyl (C=O) groups excluding carboxylic acids is 8. The number of methoxy groups -OCH3 is 3. The molecule has 2 N–H and O–H groups in total. The first-order valence-electron chi connectivity index (χ1n) is 43.5. The number of nitrogens with zero attached hydrogens (tertiary/aromatic N) is 1. The summed E-state index contributed by atoms with van der Waals surface area (Å²) < 4.78 is 54.1. The average molecular weight is 1540 g/mol. The van der Waals surface area contributed by atoms with Gasteiger partial charge in [-0.05, 0) is 121 Å². The van der Waals surface area contributed by atoms with Crippen molar-refractivity contribution in [1.29, 1.82) is 0 Å². The molecule has 4 aliphatic rings. The highest BCUT2D eigenvalue weighted by atomic mass is 16.7. The number of unbranched alkanes of at least 4 members (excludes halogenated alkanes) is 29. The topological polar surface area (TPSA) is 263 Å². The Hall–Kier alpha value is -4.86. The summed E-state index contributed by atoms with van der Waals surface area (Å²) in [5.41, 5.74) is 1.51. The fraction of sp³-hybridized carbons (Fsp3) is 0.843. The Bertz CT molecular complexity index is 2630. The van der Waals surface area contributed by atoms with Crippen molar-refractivity contribution in [2.45, 2.75) is 411 Å². The van der Waals surface area contributed by atoms with E-state index >= 15 is 4.79 Å². The number of fused-ring (bicyclic) bond motifs is 3. The van der Waals surface area contributed by atoms with E-state index in [9.17, 15) is 43.8 Å². The lowest BCUT2D eigenvalue weighted by molar-refractivity contribution is -0.302. The van der Waals surface area contributed by atoms with Gasteiger partial charge in [-0.2, -0.15) is 0 Å². The fourth-order valence-electron chi connectivity index (χ4n) is 16.5. The lowest BCUT2D eigenvalue weighted by atomic mass is 9.81. The van der Waals surface area contributed by atoms with Gasteiger partial charge in [-0.1, -0.05) is 238 Å². The first-order chi connectivity index (χ1) is 52.5. The number of amides is 1. The van der Waals surface area contributed by atoms with Gasteiger partial charge in [0, 0.05) is 77.7 Å². The number of Topliss-reactive ketones (excluding diaryl/α,β-unsaturated/α-hetero) is 2. The van der Waals surface area contributed by atoms with E-state index < -0.39 is 108 Å². The Labute approximate surface area is 657 Å². The predicted octanol–water partition coefficient (Wildman–Crippen LogP) is 18.3. The number of ketones is 2. The second-order valence-electron chi connectivity index (χ2n) is 32.8. The molecule has 0 unspecified atom stereocenters. The van der Waals surface area contributed by atoms with E-state index in [1.54, 1.807) is 27.0 Å². The molecule has 0 aromatic rings. The Balaban J connectivity index is 1.43. The highest BCUT2D eigenvalue weighted by Gasteiger charge is 2.57. The smallest absolute Gasteiger partial charge is 0.329 e. The van der Waals surface area contributed by atoms with Crippen molar-refractivity contribution in [1.82, 2.24) is 4.90 Å². The third kappa shape index (κ3) is 37.3. The number of carbonyl (C=O) groups is 8. The van der Waals surface area contributed by atoms with Crippen LogP contribution in [-0.2, 0) is 81.0 Å². The van der Waals surface area contributed by atoms with E-state index in [1.807, 2.05) is 32.9 Å². The summed E-state index contributed by atoms with van der Waals surface area (Å²) in [6.45, 7) is 17.3. The molecule has 20 nitrogen and oxygen atoms in total. The van der Waals surface area contributed by atoms with Gasteiger partial charge in [0.2, 0.25) is 5.79 Å². The minimum absolute atomic E-state index is 0.0250. The lowest BCUT2D eigenvalue weighted by Gasteiger charge is -2.47. The molecule has 1 amide bonds. The van der Waals surface area contributed by atoms with E-state index in [2.05, 4.69) is 20.4 Å². The third-order valence-corrected chi connectivity index (χ3v) is 23.3. The van der Waals surface area contributed by atoms with Crippen molar-refractivity contribution in [3.05, 3.63) is 36.0 Å². The summed E-state index contributed by atoms with van der Waals surface area (Å²) >= 11 is 0. The number of piperidine rings is 1. The van der Waals surface area contributed by atoms with E-state index in [0.717, 1.165) is 69.8 Å². The number of ether oxygens (including phenoxy) is 9. The van der Waals surface area contributed by atoms with Gasteiger partial charge >= 0.3 is 29.8 Å². The zero-order chi connectivity index (χ0) is 79.8. The monoisotopic (exact) mass is 1540 g/mol. The highest BCUT2D eigenvalue weighted by Crippen LogP contribution is 2.40. The highest BCUT2D eigenvalue weighted by molar-refractivity contribution is 6.39. The van der Waals surface area contributed by atoms with Crippen LogP contribution >= 0.6 is 0 Å². The van der Waals surface area contributed by atoms with Crippen LogP contribution in [0.4, 0.5) is 0 Å². The third-order valence-electron chi connectivity index (χ3n) is 23.3. The molecular weight excluding hydrogens is 1390 g/mol. The van der Waals surface area contributed by atoms with Gasteiger partial charge in [-0.15, -0.1) is 6.58 Å². The molecule has 14 atom stereocenters. The molecule has 2 saturated heterocycles. The van der Waals surface area contributed by atoms with Crippen LogP contribution in [0.15, 0.2) is 36.0 Å². The second-order valence-corrected chi connectivity index (χ2v) is 32.8. The normalized spacial score (nSPS) is 26.9. The minimum Gasteiger partial charge on any atom is -0.462 e. The van der Waals surface area contributed by atoms with Gasteiger partial charge in [0.15, 0.2) is 6.10 Å². The van der Waals surface area contributed by atoms with Crippen molar-refractivity contribution in [3.8, 4) is 0 Å². The van der Waals surface area contributed by atoms with Crippen molar-refractivity contribution in [2.24, 2.45) is 29.6 Å². The van der Waals surface area contributed by atoms with Crippen LogP contribution in [0, 0.1) is 29.6 Å². The van der Waals surface area contributed by atoms with Crippen molar-refractivity contribution < 1.29 is 91.2 Å². The van der Waals surface area contributed by atoms with Crippen molar-refractivity contribution in [2.75, 3.05) is 41.1 Å². The predicted molar refractivity (Wildman–Crippen MR) is 426 cm³/mol. The molecule has 3 heterocycles. The number of hydrogen-bond donors (Lipinski definition) is 2. The van der Waals surface area contributed by atoms with Gasteiger partial charge in [-0.3, -0.25) is 33.6 Å². The molecule has 0 spiro atoms. The van der Waals surface area contributed by atoms with Crippen LogP contribution in [0.1, 0.15) is 350 Å². The summed E-state index contributed by atoms with van der Waals surface area (Å²) in [7, 11) is 4.60. The van der Waals surface area contributed by atoms with Gasteiger partial charge in [-0.25, -0.2) is 4.79 Å². The quantitative estimate of drug-likeness (QED) is 0.0188. The van der Waals surface area contributed by atoms with E-state index in [1.165, 1.54) is 135 Å². The molecule has 626 valence electrons. The molecule has 2 bridgehead atoms. The molecule has 3 fully saturated rings. The molecule has 1 aliphatic carbocycles. The molecule has 109 heavy (non-hydrogen) atoms. The summed E-state index contributed by atoms with van der Waals surface area (Å²) in [5.74, 6) is -10.2. The number of cyclic esters (lactones) is 1. The number of aliphatic hydroxyl groups excluding tert-OH is 1. The summed E-state index contributed by atoms with van der Waals surface area (Å²) in [6, 6.07) is -1.24. The summed E-state index contributed by atoms with van der Waals surface area (Å²) in [5, 5.41) is 23.1. The molecule has 3 aliphatic heterocycles. The molecule has 4 rings (SSSR count). The number of hydrogen-bond acceptors (Lipinski definition) is 19. The lowest BCUT2D eigenvalue weighted by Crippen LogP contribution is -2.64. The fourth-order valence-corrected chi connectivity index (χ4v) is 16.5. The van der Waals surface area contributed by atoms with Gasteiger partial charge in [0.25, 0.3) is 11.7 Å². The maximum atomic E-state index is 15.1. The Morgan fingerprint density at radius 1 is 0.596 bits per heavy atom. The van der Waals surface area contributed by atoms with E-state index in [4.69, 9.17) is 42.6 Å². The molecule has 0 aromatic heterocycles. The molecule has 0 radical (unpaired) electrons. The van der Waals surface area contributed by atoms with Crippen LogP contribution in [0.3, 0.4) is 0 Å². The Morgan fingerprint density at radius 2 is 1.06 bits per heavy atom. The van der Waals surface area contributed by atoms with Gasteiger partial charge < -0.3 is 57.7 Å². The summed E-state index contributed by atoms with van der Waals surface area (Å²) in [6.07, 6.45) is 38.7. The molecular formula is C89H151NO19. The number of allylic oxidation sites excluding steroid dienone is 4. The summed E-state index contributed by atoms with van der Waals surface area (Å²) in [4.78, 5) is 114. The van der Waals surface area contributed by atoms with Crippen LogP contribution in [0.2, 0.25) is 0 Å². The van der Waals surface area contributed by atoms with Crippen molar-refractivity contribution >= 4 is 47.3 Å². The zero-order valence-electron chi connectivity index (χ0n) is 69.7. The maximum Gasteiger partial charge on any atom is 0.329 e. The molecule has 1 saturated carbocycles. The number of aliphatic hydroxyl groups is 2. The SMILES string of the molecule is C=CC[C@@H]1/C=C(\C)C[C@H](C)C[C@H](OC)[C@H]2O[C@@](O)(C(=O)C(=O)N3CCCC[C@H]3C(=O)O[C@H](/C(C)=C/[C@@H]3CC[C@@H](O)[C@H](OC)C3)[C@H](C)[C@@H](OC(=O)CCCCCCCCC(=O)OC(COC(=O)CCCCCCCCCCCCCCC)COC(=O)CCCCCCCCCCCCCCC)CC1=O)[C@H](C)C[C@@H]2OC. The van der Waals surface area contributed by atoms with Crippen LogP contribution in [-0.4, -0.2) is 164 Å². The minimum atomic E-state index is -2.58. The molecule has 20 heteroatoms. The first kappa shape index (κ1) is 96.5. The van der Waals surface area contributed by atoms with Crippen LogP contribution < -0.4 is 0 Å². The van der Waals surface area contributed by atoms with Crippen LogP contribution in [0.5, 0.6) is 0 Å².